The van der Waals surface area contributed by atoms with Gasteiger partial charge in [0.15, 0.2) is 0 Å². The predicted molar refractivity (Wildman–Crippen MR) is 102 cm³/mol. The summed E-state index contributed by atoms with van der Waals surface area (Å²) in [6.45, 7) is 7.71. The number of hydrogen-bond acceptors (Lipinski definition) is 5. The maximum absolute atomic E-state index is 12.4. The lowest BCUT2D eigenvalue weighted by Gasteiger charge is -2.17. The van der Waals surface area contributed by atoms with E-state index in [0.29, 0.717) is 13.0 Å². The fourth-order valence-electron chi connectivity index (χ4n) is 2.54. The summed E-state index contributed by atoms with van der Waals surface area (Å²) >= 11 is 0. The molecule has 0 bridgehead atoms. The van der Waals surface area contributed by atoms with E-state index in [1.807, 2.05) is 20.8 Å². The number of amides is 2. The Balaban J connectivity index is 2.29. The molecule has 27 heavy (non-hydrogen) atoms. The van der Waals surface area contributed by atoms with Crippen molar-refractivity contribution in [3.05, 3.63) is 38.7 Å². The molecule has 0 fully saturated rings. The maximum Gasteiger partial charge on any atom is 0.329 e. The average molecular weight is 375 g/mol. The lowest BCUT2D eigenvalue weighted by atomic mass is 10.2. The van der Waals surface area contributed by atoms with E-state index in [0.717, 1.165) is 6.42 Å². The minimum atomic E-state index is -0.741. The number of aromatic nitrogens is 3. The molecule has 0 spiro atoms. The van der Waals surface area contributed by atoms with E-state index in [9.17, 15) is 19.2 Å². The molecule has 2 heterocycles. The Hall–Kier alpha value is -2.97. The average Bonchev–Trinajstić information content (AvgIpc) is 2.64. The molecule has 0 aliphatic carbocycles. The van der Waals surface area contributed by atoms with Crippen molar-refractivity contribution < 1.29 is 9.59 Å². The third-order valence-corrected chi connectivity index (χ3v) is 4.28. The summed E-state index contributed by atoms with van der Waals surface area (Å²) in [5.74, 6) is -0.815. The SMILES string of the molecule is CCCn1c(=O)[nH]c(=O)c2cc(C(=O)NC(C)C(=O)NC(C)CC)cnc21. The molecule has 2 rings (SSSR count). The quantitative estimate of drug-likeness (QED) is 0.651. The van der Waals surface area contributed by atoms with Gasteiger partial charge in [-0.25, -0.2) is 9.78 Å². The Labute approximate surface area is 156 Å². The van der Waals surface area contributed by atoms with E-state index in [4.69, 9.17) is 0 Å². The number of nitrogens with zero attached hydrogens (tertiary/aromatic N) is 2. The zero-order valence-corrected chi connectivity index (χ0v) is 16.0. The fraction of sp³-hybridized carbons (Fsp3) is 0.500. The lowest BCUT2D eigenvalue weighted by molar-refractivity contribution is -0.123. The number of carbonyl (C=O) groups excluding carboxylic acids is 2. The van der Waals surface area contributed by atoms with Gasteiger partial charge in [-0.2, -0.15) is 0 Å². The minimum absolute atomic E-state index is 0.00745. The van der Waals surface area contributed by atoms with E-state index in [2.05, 4.69) is 20.6 Å². The third-order valence-electron chi connectivity index (χ3n) is 4.28. The number of H-pyrrole nitrogens is 1. The summed E-state index contributed by atoms with van der Waals surface area (Å²) in [5, 5.41) is 5.52. The molecule has 0 saturated carbocycles. The maximum atomic E-state index is 12.4. The Morgan fingerprint density at radius 3 is 2.56 bits per heavy atom. The molecule has 0 aromatic carbocycles. The van der Waals surface area contributed by atoms with Crippen LogP contribution in [0.5, 0.6) is 0 Å². The highest BCUT2D eigenvalue weighted by Gasteiger charge is 2.19. The number of pyridine rings is 1. The smallest absolute Gasteiger partial charge is 0.329 e. The molecule has 3 N–H and O–H groups in total. The van der Waals surface area contributed by atoms with Crippen molar-refractivity contribution in [2.75, 3.05) is 0 Å². The van der Waals surface area contributed by atoms with Crippen molar-refractivity contribution in [3.8, 4) is 0 Å². The molecular formula is C18H25N5O4. The van der Waals surface area contributed by atoms with Crippen LogP contribution in [0.25, 0.3) is 11.0 Å². The molecule has 0 radical (unpaired) electrons. The molecule has 146 valence electrons. The predicted octanol–water partition coefficient (Wildman–Crippen LogP) is 0.528. The number of carbonyl (C=O) groups is 2. The molecule has 9 nitrogen and oxygen atoms in total. The highest BCUT2D eigenvalue weighted by Crippen LogP contribution is 2.08. The van der Waals surface area contributed by atoms with Crippen LogP contribution in [0.2, 0.25) is 0 Å². The first-order valence-electron chi connectivity index (χ1n) is 9.02. The van der Waals surface area contributed by atoms with Gasteiger partial charge in [0.05, 0.1) is 10.9 Å². The molecule has 2 atom stereocenters. The number of hydrogen-bond donors (Lipinski definition) is 3. The van der Waals surface area contributed by atoms with Crippen molar-refractivity contribution in [3.63, 3.8) is 0 Å². The molecule has 0 saturated heterocycles. The highest BCUT2D eigenvalue weighted by atomic mass is 16.2. The topological polar surface area (TPSA) is 126 Å². The number of rotatable bonds is 7. The Kier molecular flexibility index (Phi) is 6.49. The summed E-state index contributed by atoms with van der Waals surface area (Å²) < 4.78 is 1.36. The first-order valence-corrected chi connectivity index (χ1v) is 9.02. The summed E-state index contributed by atoms with van der Waals surface area (Å²) in [6.07, 6.45) is 2.76. The lowest BCUT2D eigenvalue weighted by Crippen LogP contribution is -2.47. The van der Waals surface area contributed by atoms with Crippen LogP contribution in [0.15, 0.2) is 21.9 Å². The summed E-state index contributed by atoms with van der Waals surface area (Å²) in [7, 11) is 0. The Morgan fingerprint density at radius 1 is 1.22 bits per heavy atom. The second-order valence-corrected chi connectivity index (χ2v) is 6.52. The van der Waals surface area contributed by atoms with Crippen LogP contribution < -0.4 is 21.9 Å². The van der Waals surface area contributed by atoms with Gasteiger partial charge in [-0.15, -0.1) is 0 Å². The van der Waals surface area contributed by atoms with E-state index in [1.165, 1.54) is 16.8 Å². The molecular weight excluding hydrogens is 350 g/mol. The van der Waals surface area contributed by atoms with Gasteiger partial charge in [0.1, 0.15) is 11.7 Å². The van der Waals surface area contributed by atoms with Crippen LogP contribution in [-0.2, 0) is 11.3 Å². The first-order chi connectivity index (χ1) is 12.8. The number of nitrogens with one attached hydrogen (secondary N) is 3. The van der Waals surface area contributed by atoms with Gasteiger partial charge in [0.25, 0.3) is 11.5 Å². The largest absolute Gasteiger partial charge is 0.352 e. The second kappa shape index (κ2) is 8.61. The highest BCUT2D eigenvalue weighted by molar-refractivity contribution is 5.99. The zero-order chi connectivity index (χ0) is 20.1. The molecule has 2 aromatic heterocycles. The molecule has 2 aromatic rings. The van der Waals surface area contributed by atoms with Crippen LogP contribution in [0.4, 0.5) is 0 Å². The van der Waals surface area contributed by atoms with Gasteiger partial charge in [0, 0.05) is 18.8 Å². The Morgan fingerprint density at radius 2 is 1.93 bits per heavy atom. The second-order valence-electron chi connectivity index (χ2n) is 6.52. The normalized spacial score (nSPS) is 13.2. The van der Waals surface area contributed by atoms with Crippen molar-refractivity contribution in [1.82, 2.24) is 25.2 Å². The first kappa shape index (κ1) is 20.3. The van der Waals surface area contributed by atoms with Crippen LogP contribution in [0, 0.1) is 0 Å². The molecule has 9 heteroatoms. The van der Waals surface area contributed by atoms with Gasteiger partial charge < -0.3 is 10.6 Å². The number of aromatic amines is 1. The van der Waals surface area contributed by atoms with Crippen LogP contribution in [0.3, 0.4) is 0 Å². The van der Waals surface area contributed by atoms with Gasteiger partial charge >= 0.3 is 5.69 Å². The molecule has 2 amide bonds. The molecule has 0 aliphatic rings. The van der Waals surface area contributed by atoms with Gasteiger partial charge in [-0.3, -0.25) is 23.9 Å². The summed E-state index contributed by atoms with van der Waals surface area (Å²) in [6, 6.07) is 0.643. The summed E-state index contributed by atoms with van der Waals surface area (Å²) in [4.78, 5) is 54.9. The Bertz CT molecular complexity index is 962. The van der Waals surface area contributed by atoms with E-state index < -0.39 is 23.2 Å². The van der Waals surface area contributed by atoms with Crippen molar-refractivity contribution in [2.24, 2.45) is 0 Å². The fourth-order valence-corrected chi connectivity index (χ4v) is 2.54. The van der Waals surface area contributed by atoms with E-state index >= 15 is 0 Å². The van der Waals surface area contributed by atoms with Crippen LogP contribution in [0.1, 0.15) is 50.9 Å². The molecule has 0 aliphatic heterocycles. The number of fused-ring (bicyclic) bond motifs is 1. The molecule has 2 unspecified atom stereocenters. The van der Waals surface area contributed by atoms with E-state index in [-0.39, 0.29) is 28.5 Å². The van der Waals surface area contributed by atoms with Gasteiger partial charge in [-0.05, 0) is 32.8 Å². The summed E-state index contributed by atoms with van der Waals surface area (Å²) in [5.41, 5.74) is -0.774. The van der Waals surface area contributed by atoms with Crippen molar-refractivity contribution >= 4 is 22.8 Å². The van der Waals surface area contributed by atoms with Crippen LogP contribution in [-0.4, -0.2) is 38.4 Å². The number of aryl methyl sites for hydroxylation is 1. The van der Waals surface area contributed by atoms with Crippen molar-refractivity contribution in [1.29, 1.82) is 0 Å². The third kappa shape index (κ3) is 4.60. The standard InChI is InChI=1S/C18H25N5O4/c1-5-7-23-14-13(17(26)22-18(23)27)8-12(9-19-14)16(25)21-11(4)15(24)20-10(3)6-2/h8-11H,5-7H2,1-4H3,(H,20,24)(H,21,25)(H,22,26,27). The zero-order valence-electron chi connectivity index (χ0n) is 16.0. The van der Waals surface area contributed by atoms with Crippen LogP contribution >= 0.6 is 0 Å². The van der Waals surface area contributed by atoms with Crippen molar-refractivity contribution in [2.45, 2.75) is 59.2 Å². The van der Waals surface area contributed by atoms with E-state index in [1.54, 1.807) is 6.92 Å². The van der Waals surface area contributed by atoms with Gasteiger partial charge in [-0.1, -0.05) is 13.8 Å². The van der Waals surface area contributed by atoms with Gasteiger partial charge in [0.2, 0.25) is 5.91 Å². The monoisotopic (exact) mass is 375 g/mol. The minimum Gasteiger partial charge on any atom is -0.352 e.